The van der Waals surface area contributed by atoms with Crippen molar-refractivity contribution in [3.8, 4) is 5.75 Å². The molecule has 126 valence electrons. The zero-order valence-corrected chi connectivity index (χ0v) is 17.5. The second-order valence-electron chi connectivity index (χ2n) is 4.57. The summed E-state index contributed by atoms with van der Waals surface area (Å²) in [5.74, 6) is 0.653. The zero-order chi connectivity index (χ0) is 17.7. The van der Waals surface area contributed by atoms with Gasteiger partial charge in [-0.3, -0.25) is 5.43 Å². The smallest absolute Gasteiger partial charge is 0.184 e. The first-order chi connectivity index (χ1) is 11.4. The summed E-state index contributed by atoms with van der Waals surface area (Å²) in [5, 5.41) is 5.16. The van der Waals surface area contributed by atoms with Gasteiger partial charge in [-0.15, -0.1) is 0 Å². The molecule has 24 heavy (non-hydrogen) atoms. The lowest BCUT2D eigenvalue weighted by molar-refractivity contribution is 0.302. The maximum absolute atomic E-state index is 6.15. The summed E-state index contributed by atoms with van der Waals surface area (Å²) < 4.78 is 7.38. The highest BCUT2D eigenvalue weighted by atomic mass is 79.9. The molecule has 2 rings (SSSR count). The van der Waals surface area contributed by atoms with Gasteiger partial charge in [0, 0.05) is 15.6 Å². The molecule has 2 aromatic rings. The lowest BCUT2D eigenvalue weighted by atomic mass is 10.2. The molecule has 9 heteroatoms. The Morgan fingerprint density at radius 3 is 2.50 bits per heavy atom. The molecule has 0 amide bonds. The first kappa shape index (κ1) is 19.5. The number of nitrogens with zero attached hydrogens (tertiary/aromatic N) is 1. The molecule has 0 heterocycles. The Morgan fingerprint density at radius 2 is 1.92 bits per heavy atom. The maximum Gasteiger partial charge on any atom is 0.184 e. The van der Waals surface area contributed by atoms with Crippen LogP contribution in [0.4, 0.5) is 0 Å². The zero-order valence-electron chi connectivity index (χ0n) is 12.0. The third-order valence-electron chi connectivity index (χ3n) is 2.80. The van der Waals surface area contributed by atoms with Crippen molar-refractivity contribution in [1.82, 2.24) is 5.43 Å². The van der Waals surface area contributed by atoms with Crippen molar-refractivity contribution >= 4 is 78.6 Å². The molecule has 0 saturated carbocycles. The van der Waals surface area contributed by atoms with Gasteiger partial charge in [0.25, 0.3) is 0 Å². The largest absolute Gasteiger partial charge is 0.486 e. The predicted octanol–water partition coefficient (Wildman–Crippen LogP) is 5.26. The van der Waals surface area contributed by atoms with E-state index in [0.29, 0.717) is 22.4 Å². The Labute approximate surface area is 171 Å². The molecule has 4 nitrogen and oxygen atoms in total. The number of benzene rings is 2. The Bertz CT molecular complexity index is 779. The number of hydrazone groups is 1. The summed E-state index contributed by atoms with van der Waals surface area (Å²) in [7, 11) is 0. The van der Waals surface area contributed by atoms with E-state index in [2.05, 4.69) is 54.6 Å². The molecule has 0 aliphatic heterocycles. The molecule has 0 aliphatic rings. The van der Waals surface area contributed by atoms with Gasteiger partial charge in [0.2, 0.25) is 0 Å². The highest BCUT2D eigenvalue weighted by molar-refractivity contribution is 9.11. The van der Waals surface area contributed by atoms with E-state index in [9.17, 15) is 0 Å². The van der Waals surface area contributed by atoms with Gasteiger partial charge >= 0.3 is 0 Å². The SMILES string of the molecule is NC(=S)N/N=C\c1cc(Br)c(OCc2ccc(Cl)cc2Cl)c(Br)c1. The lowest BCUT2D eigenvalue weighted by Gasteiger charge is -2.12. The van der Waals surface area contributed by atoms with E-state index < -0.39 is 0 Å². The Balaban J connectivity index is 2.13. The molecular weight excluding hydrogens is 501 g/mol. The van der Waals surface area contributed by atoms with Crippen LogP contribution in [0.3, 0.4) is 0 Å². The van der Waals surface area contributed by atoms with Gasteiger partial charge in [0.1, 0.15) is 12.4 Å². The molecule has 2 aromatic carbocycles. The van der Waals surface area contributed by atoms with Crippen molar-refractivity contribution in [3.63, 3.8) is 0 Å². The normalized spacial score (nSPS) is 10.8. The Kier molecular flexibility index (Phi) is 7.31. The van der Waals surface area contributed by atoms with Crippen molar-refractivity contribution in [1.29, 1.82) is 0 Å². The highest BCUT2D eigenvalue weighted by Crippen LogP contribution is 2.35. The van der Waals surface area contributed by atoms with Crippen molar-refractivity contribution in [2.45, 2.75) is 6.61 Å². The van der Waals surface area contributed by atoms with Crippen LogP contribution in [0.15, 0.2) is 44.4 Å². The molecule has 0 spiro atoms. The standard InChI is InChI=1S/C15H11Br2Cl2N3OS/c16-11-3-8(6-21-22-15(20)24)4-12(17)14(11)23-7-9-1-2-10(18)5-13(9)19/h1-6H,7H2,(H3,20,22,24)/b21-6-. The fraction of sp³-hybridized carbons (Fsp3) is 0.0667. The quantitative estimate of drug-likeness (QED) is 0.326. The topological polar surface area (TPSA) is 59.6 Å². The van der Waals surface area contributed by atoms with Crippen LogP contribution in [0, 0.1) is 0 Å². The molecule has 0 bridgehead atoms. The lowest BCUT2D eigenvalue weighted by Crippen LogP contribution is -2.23. The Morgan fingerprint density at radius 1 is 1.25 bits per heavy atom. The van der Waals surface area contributed by atoms with Gasteiger partial charge in [-0.2, -0.15) is 5.10 Å². The molecule has 0 fully saturated rings. The van der Waals surface area contributed by atoms with Gasteiger partial charge in [-0.25, -0.2) is 0 Å². The minimum Gasteiger partial charge on any atom is -0.486 e. The molecule has 0 aliphatic carbocycles. The van der Waals surface area contributed by atoms with Gasteiger partial charge in [0.05, 0.1) is 15.2 Å². The second-order valence-corrected chi connectivity index (χ2v) is 7.56. The molecule has 0 saturated heterocycles. The van der Waals surface area contributed by atoms with Gasteiger partial charge in [0.15, 0.2) is 5.11 Å². The average Bonchev–Trinajstić information content (AvgIpc) is 2.48. The number of thiocarbonyl (C=S) groups is 1. The van der Waals surface area contributed by atoms with Gasteiger partial charge in [-0.1, -0.05) is 29.3 Å². The van der Waals surface area contributed by atoms with E-state index in [1.54, 1.807) is 18.3 Å². The van der Waals surface area contributed by atoms with E-state index >= 15 is 0 Å². The number of nitrogens with two attached hydrogens (primary N) is 1. The number of hydrogen-bond acceptors (Lipinski definition) is 3. The van der Waals surface area contributed by atoms with Crippen molar-refractivity contribution in [2.24, 2.45) is 10.8 Å². The molecule has 3 N–H and O–H groups in total. The monoisotopic (exact) mass is 509 g/mol. The summed E-state index contributed by atoms with van der Waals surface area (Å²) in [4.78, 5) is 0. The van der Waals surface area contributed by atoms with Crippen LogP contribution < -0.4 is 15.9 Å². The Hall–Kier alpha value is -0.860. The number of halogens is 4. The van der Waals surface area contributed by atoms with Crippen molar-refractivity contribution in [2.75, 3.05) is 0 Å². The predicted molar refractivity (Wildman–Crippen MR) is 110 cm³/mol. The van der Waals surface area contributed by atoms with Crippen LogP contribution >= 0.6 is 67.3 Å². The third kappa shape index (κ3) is 5.60. The molecular formula is C15H11Br2Cl2N3OS. The van der Waals surface area contributed by atoms with Crippen LogP contribution in [0.2, 0.25) is 10.0 Å². The fourth-order valence-electron chi connectivity index (χ4n) is 1.75. The average molecular weight is 512 g/mol. The number of ether oxygens (including phenoxy) is 1. The minimum atomic E-state index is 0.101. The molecule has 0 atom stereocenters. The minimum absolute atomic E-state index is 0.101. The first-order valence-corrected chi connectivity index (χ1v) is 9.26. The van der Waals surface area contributed by atoms with E-state index in [0.717, 1.165) is 20.1 Å². The summed E-state index contributed by atoms with van der Waals surface area (Å²) in [5.41, 5.74) is 9.47. The van der Waals surface area contributed by atoms with E-state index in [-0.39, 0.29) is 5.11 Å². The van der Waals surface area contributed by atoms with Crippen molar-refractivity contribution in [3.05, 3.63) is 60.4 Å². The first-order valence-electron chi connectivity index (χ1n) is 6.51. The van der Waals surface area contributed by atoms with E-state index in [4.69, 9.17) is 33.7 Å². The van der Waals surface area contributed by atoms with E-state index in [1.165, 1.54) is 0 Å². The highest BCUT2D eigenvalue weighted by Gasteiger charge is 2.10. The summed E-state index contributed by atoms with van der Waals surface area (Å²) in [6, 6.07) is 8.99. The third-order valence-corrected chi connectivity index (χ3v) is 4.65. The second kappa shape index (κ2) is 9.01. The molecule has 0 aromatic heterocycles. The summed E-state index contributed by atoms with van der Waals surface area (Å²) >= 11 is 23.7. The van der Waals surface area contributed by atoms with Crippen LogP contribution in [0.5, 0.6) is 5.75 Å². The summed E-state index contributed by atoms with van der Waals surface area (Å²) in [6.07, 6.45) is 1.59. The van der Waals surface area contributed by atoms with Gasteiger partial charge in [-0.05, 0) is 73.9 Å². The molecule has 0 unspecified atom stereocenters. The number of rotatable bonds is 5. The number of nitrogens with one attached hydrogen (secondary N) is 1. The van der Waals surface area contributed by atoms with Crippen LogP contribution in [0.25, 0.3) is 0 Å². The van der Waals surface area contributed by atoms with Crippen LogP contribution in [0.1, 0.15) is 11.1 Å². The maximum atomic E-state index is 6.15. The molecule has 0 radical (unpaired) electrons. The summed E-state index contributed by atoms with van der Waals surface area (Å²) in [6.45, 7) is 0.309. The van der Waals surface area contributed by atoms with Gasteiger partial charge < -0.3 is 10.5 Å². The van der Waals surface area contributed by atoms with Crippen molar-refractivity contribution < 1.29 is 4.74 Å². The van der Waals surface area contributed by atoms with Crippen LogP contribution in [-0.4, -0.2) is 11.3 Å². The fourth-order valence-corrected chi connectivity index (χ4v) is 3.72. The van der Waals surface area contributed by atoms with Crippen LogP contribution in [-0.2, 0) is 6.61 Å². The van der Waals surface area contributed by atoms with E-state index in [1.807, 2.05) is 18.2 Å². The number of hydrogen-bond donors (Lipinski definition) is 2.